The quantitative estimate of drug-likeness (QED) is 0.767. The second-order valence-corrected chi connectivity index (χ2v) is 4.04. The zero-order valence-electron chi connectivity index (χ0n) is 10.4. The molecule has 0 heterocycles. The highest BCUT2D eigenvalue weighted by atomic mass is 16.4. The van der Waals surface area contributed by atoms with Gasteiger partial charge in [0.15, 0.2) is 0 Å². The third-order valence-corrected chi connectivity index (χ3v) is 2.61. The first-order valence-corrected chi connectivity index (χ1v) is 5.91. The molecule has 1 aromatic rings. The van der Waals surface area contributed by atoms with Gasteiger partial charge in [0.1, 0.15) is 0 Å². The van der Waals surface area contributed by atoms with E-state index < -0.39 is 11.9 Å². The molecule has 0 fully saturated rings. The van der Waals surface area contributed by atoms with Crippen molar-refractivity contribution in [2.24, 2.45) is 5.73 Å². The van der Waals surface area contributed by atoms with E-state index in [1.165, 1.54) is 0 Å². The summed E-state index contributed by atoms with van der Waals surface area (Å²) in [6.07, 6.45) is 1.02. The van der Waals surface area contributed by atoms with Crippen LogP contribution in [0.5, 0.6) is 0 Å². The lowest BCUT2D eigenvalue weighted by Crippen LogP contribution is -2.27. The molecule has 1 amide bonds. The summed E-state index contributed by atoms with van der Waals surface area (Å²) in [4.78, 5) is 23.5. The minimum Gasteiger partial charge on any atom is -0.481 e. The van der Waals surface area contributed by atoms with E-state index in [2.05, 4.69) is 0 Å². The maximum atomic E-state index is 11.0. The standard InChI is InChI=1S/C13H18N2O3/c1-2-8-15(9-7-12(16)17)11-5-3-10(4-6-11)13(14)18/h3-6H,2,7-9H2,1H3,(H2,14,18)(H,16,17). The van der Waals surface area contributed by atoms with Crippen molar-refractivity contribution in [3.63, 3.8) is 0 Å². The topological polar surface area (TPSA) is 83.6 Å². The Kier molecular flexibility index (Phi) is 5.17. The molecule has 1 rings (SSSR count). The molecule has 0 aromatic heterocycles. The van der Waals surface area contributed by atoms with Crippen molar-refractivity contribution in [3.05, 3.63) is 29.8 Å². The summed E-state index contributed by atoms with van der Waals surface area (Å²) < 4.78 is 0. The molecule has 0 radical (unpaired) electrons. The van der Waals surface area contributed by atoms with Crippen molar-refractivity contribution in [1.29, 1.82) is 0 Å². The van der Waals surface area contributed by atoms with Gasteiger partial charge in [0, 0.05) is 24.3 Å². The SMILES string of the molecule is CCCN(CCC(=O)O)c1ccc(C(N)=O)cc1. The zero-order valence-corrected chi connectivity index (χ0v) is 10.4. The van der Waals surface area contributed by atoms with E-state index in [1.54, 1.807) is 24.3 Å². The molecule has 0 saturated heterocycles. The molecule has 0 bridgehead atoms. The normalized spacial score (nSPS) is 10.1. The third-order valence-electron chi connectivity index (χ3n) is 2.61. The van der Waals surface area contributed by atoms with Crippen LogP contribution in [-0.2, 0) is 4.79 Å². The van der Waals surface area contributed by atoms with Crippen molar-refractivity contribution in [3.8, 4) is 0 Å². The molecule has 0 aliphatic carbocycles. The molecule has 0 unspecified atom stereocenters. The van der Waals surface area contributed by atoms with Crippen LogP contribution in [0.25, 0.3) is 0 Å². The molecule has 0 spiro atoms. The lowest BCUT2D eigenvalue weighted by molar-refractivity contribution is -0.136. The summed E-state index contributed by atoms with van der Waals surface area (Å²) in [5.41, 5.74) is 6.52. The smallest absolute Gasteiger partial charge is 0.305 e. The van der Waals surface area contributed by atoms with Gasteiger partial charge in [-0.05, 0) is 30.7 Å². The number of carbonyl (C=O) groups excluding carboxylic acids is 1. The van der Waals surface area contributed by atoms with Crippen LogP contribution < -0.4 is 10.6 Å². The van der Waals surface area contributed by atoms with E-state index in [-0.39, 0.29) is 6.42 Å². The van der Waals surface area contributed by atoms with Gasteiger partial charge in [-0.25, -0.2) is 0 Å². The third kappa shape index (κ3) is 4.08. The average molecular weight is 250 g/mol. The number of nitrogens with two attached hydrogens (primary N) is 1. The molecule has 5 nitrogen and oxygen atoms in total. The first kappa shape index (κ1) is 14.0. The monoisotopic (exact) mass is 250 g/mol. The fourth-order valence-electron chi connectivity index (χ4n) is 1.71. The molecular formula is C13H18N2O3. The van der Waals surface area contributed by atoms with Gasteiger partial charge >= 0.3 is 5.97 Å². The lowest BCUT2D eigenvalue weighted by atomic mass is 10.2. The first-order chi connectivity index (χ1) is 8.54. The molecule has 5 heteroatoms. The summed E-state index contributed by atoms with van der Waals surface area (Å²) in [6, 6.07) is 6.89. The molecule has 3 N–H and O–H groups in total. The molecule has 18 heavy (non-hydrogen) atoms. The average Bonchev–Trinajstić information content (AvgIpc) is 2.34. The van der Waals surface area contributed by atoms with Crippen LogP contribution in [0.2, 0.25) is 0 Å². The fourth-order valence-corrected chi connectivity index (χ4v) is 1.71. The number of primary amides is 1. The van der Waals surface area contributed by atoms with Gasteiger partial charge in [-0.1, -0.05) is 6.92 Å². The number of carboxylic acid groups (broad SMARTS) is 1. The number of rotatable bonds is 7. The Morgan fingerprint density at radius 2 is 1.83 bits per heavy atom. The van der Waals surface area contributed by atoms with Crippen LogP contribution in [0.3, 0.4) is 0 Å². The van der Waals surface area contributed by atoms with E-state index >= 15 is 0 Å². The van der Waals surface area contributed by atoms with Gasteiger partial charge in [-0.3, -0.25) is 9.59 Å². The van der Waals surface area contributed by atoms with Crippen molar-refractivity contribution in [2.45, 2.75) is 19.8 Å². The predicted molar refractivity (Wildman–Crippen MR) is 69.7 cm³/mol. The Bertz CT molecular complexity index is 415. The van der Waals surface area contributed by atoms with E-state index in [4.69, 9.17) is 10.8 Å². The lowest BCUT2D eigenvalue weighted by Gasteiger charge is -2.23. The highest BCUT2D eigenvalue weighted by Crippen LogP contribution is 2.16. The number of carbonyl (C=O) groups is 2. The van der Waals surface area contributed by atoms with Crippen LogP contribution in [0, 0.1) is 0 Å². The molecule has 0 saturated carbocycles. The molecule has 1 aromatic carbocycles. The summed E-state index contributed by atoms with van der Waals surface area (Å²) in [5, 5.41) is 8.71. The fraction of sp³-hybridized carbons (Fsp3) is 0.385. The number of amides is 1. The maximum Gasteiger partial charge on any atom is 0.305 e. The van der Waals surface area contributed by atoms with E-state index in [1.807, 2.05) is 11.8 Å². The second-order valence-electron chi connectivity index (χ2n) is 4.04. The van der Waals surface area contributed by atoms with Crippen LogP contribution in [0.1, 0.15) is 30.1 Å². The largest absolute Gasteiger partial charge is 0.481 e. The number of carboxylic acids is 1. The van der Waals surface area contributed by atoms with Crippen molar-refractivity contribution in [1.82, 2.24) is 0 Å². The number of hydrogen-bond donors (Lipinski definition) is 2. The molecule has 98 valence electrons. The van der Waals surface area contributed by atoms with Crippen LogP contribution >= 0.6 is 0 Å². The Labute approximate surface area is 106 Å². The number of hydrogen-bond acceptors (Lipinski definition) is 3. The first-order valence-electron chi connectivity index (χ1n) is 5.91. The van der Waals surface area contributed by atoms with Crippen LogP contribution in [-0.4, -0.2) is 30.1 Å². The Hall–Kier alpha value is -2.04. The van der Waals surface area contributed by atoms with Crippen molar-refractivity contribution in [2.75, 3.05) is 18.0 Å². The van der Waals surface area contributed by atoms with Gasteiger partial charge in [-0.2, -0.15) is 0 Å². The van der Waals surface area contributed by atoms with Crippen LogP contribution in [0.4, 0.5) is 5.69 Å². The highest BCUT2D eigenvalue weighted by molar-refractivity contribution is 5.93. The van der Waals surface area contributed by atoms with Crippen molar-refractivity contribution < 1.29 is 14.7 Å². The van der Waals surface area contributed by atoms with Gasteiger partial charge < -0.3 is 15.7 Å². The molecule has 0 aliphatic rings. The minimum atomic E-state index is -0.815. The zero-order chi connectivity index (χ0) is 13.5. The summed E-state index contributed by atoms with van der Waals surface area (Å²) in [5.74, 6) is -1.28. The summed E-state index contributed by atoms with van der Waals surface area (Å²) >= 11 is 0. The van der Waals surface area contributed by atoms with Gasteiger partial charge in [0.05, 0.1) is 6.42 Å². The number of anilines is 1. The van der Waals surface area contributed by atoms with Gasteiger partial charge in [-0.15, -0.1) is 0 Å². The van der Waals surface area contributed by atoms with Gasteiger partial charge in [0.25, 0.3) is 0 Å². The predicted octanol–water partition coefficient (Wildman–Crippen LogP) is 1.48. The van der Waals surface area contributed by atoms with Crippen molar-refractivity contribution >= 4 is 17.6 Å². The summed E-state index contributed by atoms with van der Waals surface area (Å²) in [7, 11) is 0. The van der Waals surface area contributed by atoms with E-state index in [0.717, 1.165) is 18.7 Å². The molecular weight excluding hydrogens is 232 g/mol. The maximum absolute atomic E-state index is 11.0. The van der Waals surface area contributed by atoms with E-state index in [9.17, 15) is 9.59 Å². The van der Waals surface area contributed by atoms with Gasteiger partial charge in [0.2, 0.25) is 5.91 Å². The Morgan fingerprint density at radius 3 is 2.28 bits per heavy atom. The molecule has 0 atom stereocenters. The number of aliphatic carboxylic acids is 1. The Morgan fingerprint density at radius 1 is 1.22 bits per heavy atom. The second kappa shape index (κ2) is 6.64. The Balaban J connectivity index is 2.78. The van der Waals surface area contributed by atoms with E-state index in [0.29, 0.717) is 12.1 Å². The van der Waals surface area contributed by atoms with Crippen LogP contribution in [0.15, 0.2) is 24.3 Å². The molecule has 0 aliphatic heterocycles. The minimum absolute atomic E-state index is 0.0948. The summed E-state index contributed by atoms with van der Waals surface area (Å²) in [6.45, 7) is 3.27. The highest BCUT2D eigenvalue weighted by Gasteiger charge is 2.08. The number of benzene rings is 1. The number of nitrogens with zero attached hydrogens (tertiary/aromatic N) is 1.